The fourth-order valence-corrected chi connectivity index (χ4v) is 5.02. The van der Waals surface area contributed by atoms with Crippen LogP contribution in [-0.4, -0.2) is 53.2 Å². The number of Topliss-reactive ketones (excluding diaryl/α,β-unsaturated/α-hetero) is 1. The van der Waals surface area contributed by atoms with Gasteiger partial charge in [-0.15, -0.1) is 0 Å². The molecule has 0 bridgehead atoms. The summed E-state index contributed by atoms with van der Waals surface area (Å²) in [5, 5.41) is 2.67. The Labute approximate surface area is 201 Å². The lowest BCUT2D eigenvalue weighted by Crippen LogP contribution is -2.45. The zero-order valence-electron chi connectivity index (χ0n) is 18.9. The molecule has 4 aromatic rings. The van der Waals surface area contributed by atoms with Crippen LogP contribution in [0.3, 0.4) is 0 Å². The van der Waals surface area contributed by atoms with Crippen LogP contribution in [0, 0.1) is 6.92 Å². The third-order valence-corrected chi connectivity index (χ3v) is 7.16. The fraction of sp³-hybridized carbons (Fsp3) is 0.167. The van der Waals surface area contributed by atoms with Gasteiger partial charge in [-0.2, -0.15) is 0 Å². The number of nitrogens with zero attached hydrogens (tertiary/aromatic N) is 2. The molecular formula is C24H22N4O6S. The van der Waals surface area contributed by atoms with Crippen LogP contribution in [0.25, 0.3) is 10.9 Å². The van der Waals surface area contributed by atoms with E-state index >= 15 is 0 Å². The van der Waals surface area contributed by atoms with Crippen molar-refractivity contribution in [1.29, 1.82) is 0 Å². The highest BCUT2D eigenvalue weighted by atomic mass is 32.2. The summed E-state index contributed by atoms with van der Waals surface area (Å²) < 4.78 is 32.4. The molecule has 0 saturated heterocycles. The van der Waals surface area contributed by atoms with Crippen LogP contribution in [0.4, 0.5) is 0 Å². The first-order valence-corrected chi connectivity index (χ1v) is 12.0. The molecule has 0 unspecified atom stereocenters. The maximum absolute atomic E-state index is 13.3. The minimum Gasteiger partial charge on any atom is -0.467 e. The summed E-state index contributed by atoms with van der Waals surface area (Å²) in [7, 11) is -2.88. The van der Waals surface area contributed by atoms with Crippen molar-refractivity contribution >= 4 is 38.6 Å². The van der Waals surface area contributed by atoms with Crippen LogP contribution in [0.2, 0.25) is 0 Å². The number of imidazole rings is 1. The maximum Gasteiger partial charge on any atom is 0.328 e. The van der Waals surface area contributed by atoms with Crippen molar-refractivity contribution in [3.05, 3.63) is 84.1 Å². The highest BCUT2D eigenvalue weighted by Gasteiger charge is 2.30. The number of methoxy groups -OCH3 is 1. The lowest BCUT2D eigenvalue weighted by molar-refractivity contribution is -0.144. The summed E-state index contributed by atoms with van der Waals surface area (Å²) in [4.78, 5) is 44.9. The second-order valence-corrected chi connectivity index (χ2v) is 9.65. The molecule has 180 valence electrons. The normalized spacial score (nSPS) is 12.3. The standard InChI is InChI=1S/C24H22N4O6S/c1-15-7-9-17(10-8-15)35(32,33)28-13-19(18-5-3-4-6-21(18)28)22(29)23(30)27-20(24(31)34-2)11-16-12-25-14-26-16/h3-10,12-14,20H,11H2,1-2H3,(H,25,26)(H,27,30)/t20-/m1/s1. The third kappa shape index (κ3) is 4.71. The topological polar surface area (TPSA) is 140 Å². The largest absolute Gasteiger partial charge is 0.467 e. The number of para-hydroxylation sites is 1. The Kier molecular flexibility index (Phi) is 6.52. The van der Waals surface area contributed by atoms with Crippen molar-refractivity contribution in [3.63, 3.8) is 0 Å². The van der Waals surface area contributed by atoms with Crippen LogP contribution < -0.4 is 5.32 Å². The number of nitrogens with one attached hydrogen (secondary N) is 2. The Bertz CT molecular complexity index is 1510. The Morgan fingerprint density at radius 1 is 1.11 bits per heavy atom. The first kappa shape index (κ1) is 23.9. The number of ketones is 1. The smallest absolute Gasteiger partial charge is 0.328 e. The number of benzene rings is 2. The fourth-order valence-electron chi connectivity index (χ4n) is 3.65. The Morgan fingerprint density at radius 2 is 1.83 bits per heavy atom. The van der Waals surface area contributed by atoms with Crippen molar-refractivity contribution in [2.24, 2.45) is 0 Å². The highest BCUT2D eigenvalue weighted by molar-refractivity contribution is 7.90. The predicted molar refractivity (Wildman–Crippen MR) is 126 cm³/mol. The molecule has 0 fully saturated rings. The second-order valence-electron chi connectivity index (χ2n) is 7.83. The summed E-state index contributed by atoms with van der Waals surface area (Å²) in [6.45, 7) is 1.84. The Morgan fingerprint density at radius 3 is 2.49 bits per heavy atom. The molecule has 0 aliphatic heterocycles. The van der Waals surface area contributed by atoms with Gasteiger partial charge in [-0.25, -0.2) is 22.2 Å². The number of ether oxygens (including phenoxy) is 1. The van der Waals surface area contributed by atoms with Crippen molar-refractivity contribution in [3.8, 4) is 0 Å². The zero-order valence-corrected chi connectivity index (χ0v) is 19.7. The number of aryl methyl sites for hydroxylation is 1. The van der Waals surface area contributed by atoms with Gasteiger partial charge in [0, 0.05) is 29.9 Å². The number of hydrogen-bond donors (Lipinski definition) is 2. The average molecular weight is 495 g/mol. The van der Waals surface area contributed by atoms with Gasteiger partial charge in [-0.1, -0.05) is 35.9 Å². The van der Waals surface area contributed by atoms with E-state index in [1.54, 1.807) is 36.4 Å². The lowest BCUT2D eigenvalue weighted by atomic mass is 10.1. The molecule has 0 spiro atoms. The molecule has 2 aromatic heterocycles. The number of fused-ring (bicyclic) bond motifs is 1. The monoisotopic (exact) mass is 494 g/mol. The van der Waals surface area contributed by atoms with E-state index in [9.17, 15) is 22.8 Å². The van der Waals surface area contributed by atoms with Gasteiger partial charge in [0.05, 0.1) is 29.4 Å². The number of esters is 1. The maximum atomic E-state index is 13.3. The van der Waals surface area contributed by atoms with Gasteiger partial charge in [-0.3, -0.25) is 9.59 Å². The summed E-state index contributed by atoms with van der Waals surface area (Å²) in [6, 6.07) is 11.5. The molecule has 1 atom stereocenters. The SMILES string of the molecule is COC(=O)[C@@H](Cc1cnc[nH]1)NC(=O)C(=O)c1cn(S(=O)(=O)c2ccc(C)cc2)c2ccccc12. The van der Waals surface area contributed by atoms with Crippen LogP contribution in [0.1, 0.15) is 21.6 Å². The van der Waals surface area contributed by atoms with Gasteiger partial charge < -0.3 is 15.0 Å². The van der Waals surface area contributed by atoms with Crippen molar-refractivity contribution in [2.75, 3.05) is 7.11 Å². The van der Waals surface area contributed by atoms with Crippen LogP contribution in [0.5, 0.6) is 0 Å². The average Bonchev–Trinajstić information content (AvgIpc) is 3.51. The van der Waals surface area contributed by atoms with E-state index in [4.69, 9.17) is 4.74 Å². The second kappa shape index (κ2) is 9.55. The Balaban J connectivity index is 1.69. The zero-order chi connectivity index (χ0) is 25.2. The van der Waals surface area contributed by atoms with Crippen LogP contribution in [-0.2, 0) is 30.8 Å². The molecule has 11 heteroatoms. The van der Waals surface area contributed by atoms with Crippen LogP contribution in [0.15, 0.2) is 72.1 Å². The van der Waals surface area contributed by atoms with E-state index in [0.717, 1.165) is 15.7 Å². The Hall–Kier alpha value is -4.25. The molecule has 1 amide bonds. The number of rotatable bonds is 8. The van der Waals surface area contributed by atoms with E-state index in [-0.39, 0.29) is 27.8 Å². The van der Waals surface area contributed by atoms with Crippen LogP contribution >= 0.6 is 0 Å². The summed E-state index contributed by atoms with van der Waals surface area (Å²) in [5.74, 6) is -2.81. The number of aromatic amines is 1. The summed E-state index contributed by atoms with van der Waals surface area (Å²) in [6.07, 6.45) is 4.05. The number of carbonyl (C=O) groups is 3. The van der Waals surface area contributed by atoms with Gasteiger partial charge in [0.15, 0.2) is 0 Å². The molecule has 0 radical (unpaired) electrons. The molecule has 4 rings (SSSR count). The molecule has 0 aliphatic rings. The number of carbonyl (C=O) groups excluding carboxylic acids is 3. The van der Waals surface area contributed by atoms with E-state index in [1.165, 1.54) is 31.8 Å². The van der Waals surface area contributed by atoms with E-state index < -0.39 is 33.7 Å². The van der Waals surface area contributed by atoms with E-state index in [1.807, 2.05) is 6.92 Å². The third-order valence-electron chi connectivity index (χ3n) is 5.48. The van der Waals surface area contributed by atoms with Gasteiger partial charge in [-0.05, 0) is 25.1 Å². The lowest BCUT2D eigenvalue weighted by Gasteiger charge is -2.15. The number of H-pyrrole nitrogens is 1. The van der Waals surface area contributed by atoms with Gasteiger partial charge in [0.25, 0.3) is 21.7 Å². The molecule has 0 aliphatic carbocycles. The molecular weight excluding hydrogens is 472 g/mol. The molecule has 35 heavy (non-hydrogen) atoms. The first-order chi connectivity index (χ1) is 16.7. The molecule has 0 saturated carbocycles. The molecule has 10 nitrogen and oxygen atoms in total. The predicted octanol–water partition coefficient (Wildman–Crippen LogP) is 1.99. The van der Waals surface area contributed by atoms with Gasteiger partial charge >= 0.3 is 5.97 Å². The molecule has 2 heterocycles. The van der Waals surface area contributed by atoms with Gasteiger partial charge in [0.1, 0.15) is 6.04 Å². The molecule has 2 aromatic carbocycles. The number of hydrogen-bond acceptors (Lipinski definition) is 7. The first-order valence-electron chi connectivity index (χ1n) is 10.5. The van der Waals surface area contributed by atoms with Gasteiger partial charge in [0.2, 0.25) is 0 Å². The minimum atomic E-state index is -4.05. The molecule has 2 N–H and O–H groups in total. The van der Waals surface area contributed by atoms with Crippen molar-refractivity contribution in [2.45, 2.75) is 24.3 Å². The minimum absolute atomic E-state index is 0.0231. The van der Waals surface area contributed by atoms with Crippen molar-refractivity contribution in [1.82, 2.24) is 19.3 Å². The quantitative estimate of drug-likeness (QED) is 0.217. The van der Waals surface area contributed by atoms with E-state index in [2.05, 4.69) is 15.3 Å². The van der Waals surface area contributed by atoms with E-state index in [0.29, 0.717) is 5.69 Å². The summed E-state index contributed by atoms with van der Waals surface area (Å²) in [5.41, 5.74) is 1.57. The summed E-state index contributed by atoms with van der Waals surface area (Å²) >= 11 is 0. The highest BCUT2D eigenvalue weighted by Crippen LogP contribution is 2.26. The number of amides is 1. The number of aromatic nitrogens is 3. The van der Waals surface area contributed by atoms with Crippen molar-refractivity contribution < 1.29 is 27.5 Å².